The molecule has 0 heterocycles. The van der Waals surface area contributed by atoms with E-state index in [1.807, 2.05) is 0 Å². The maximum atomic E-state index is 2.37. The third-order valence-corrected chi connectivity index (χ3v) is 19.9. The fourth-order valence-electron chi connectivity index (χ4n) is 15.8. The molecule has 0 heteroatoms. The lowest BCUT2D eigenvalue weighted by atomic mass is 9.67. The normalized spacial score (nSPS) is 11.1. The van der Waals surface area contributed by atoms with Crippen LogP contribution in [0.4, 0.5) is 0 Å². The zero-order chi connectivity index (χ0) is 68.0. The van der Waals surface area contributed by atoms with Crippen molar-refractivity contribution < 1.29 is 0 Å². The van der Waals surface area contributed by atoms with Crippen molar-refractivity contribution in [2.24, 2.45) is 0 Å². The highest BCUT2D eigenvalue weighted by Crippen LogP contribution is 2.66. The zero-order valence-electron chi connectivity index (χ0n) is 56.4. The van der Waals surface area contributed by atoms with Crippen LogP contribution in [0.2, 0.25) is 0 Å². The second kappa shape index (κ2) is 28.3. The van der Waals surface area contributed by atoms with Gasteiger partial charge in [0.1, 0.15) is 0 Å². The molecule has 0 saturated heterocycles. The van der Waals surface area contributed by atoms with Crippen LogP contribution >= 0.6 is 0 Å². The lowest BCUT2D eigenvalue weighted by molar-refractivity contribution is 1.48. The Kier molecular flexibility index (Phi) is 17.3. The lowest BCUT2D eigenvalue weighted by Crippen LogP contribution is -2.08. The van der Waals surface area contributed by atoms with Crippen molar-refractivity contribution in [1.82, 2.24) is 0 Å². The smallest absolute Gasteiger partial charge is 0.0000936 e. The molecular formula is C102H70. The fraction of sp³-hybridized carbons (Fsp3) is 0. The van der Waals surface area contributed by atoms with Gasteiger partial charge < -0.3 is 0 Å². The van der Waals surface area contributed by atoms with Gasteiger partial charge in [-0.15, -0.1) is 0 Å². The van der Waals surface area contributed by atoms with E-state index in [1.165, 1.54) is 0 Å². The molecule has 17 aromatic carbocycles. The summed E-state index contributed by atoms with van der Waals surface area (Å²) < 4.78 is 0. The van der Waals surface area contributed by atoms with Crippen LogP contribution < -0.4 is 0 Å². The van der Waals surface area contributed by atoms with Crippen LogP contribution in [-0.2, 0) is 0 Å². The van der Waals surface area contributed by atoms with E-state index < -0.39 is 0 Å². The van der Waals surface area contributed by atoms with Crippen LogP contribution in [-0.4, -0.2) is 0 Å². The second-order valence-electron chi connectivity index (χ2n) is 25.9. The number of rotatable bonds is 16. The van der Waals surface area contributed by atoms with Gasteiger partial charge in [-0.2, -0.15) is 0 Å². The fourth-order valence-corrected chi connectivity index (χ4v) is 15.8. The summed E-state index contributed by atoms with van der Waals surface area (Å²) in [4.78, 5) is 0. The minimum absolute atomic E-state index is 1.08. The summed E-state index contributed by atoms with van der Waals surface area (Å²) in [6.07, 6.45) is 0. The van der Waals surface area contributed by atoms with Crippen molar-refractivity contribution in [3.05, 3.63) is 425 Å². The van der Waals surface area contributed by atoms with Gasteiger partial charge in [0, 0.05) is 0 Å². The molecule has 0 atom stereocenters. The monoisotopic (exact) mass is 1290 g/mol. The van der Waals surface area contributed by atoms with Crippen LogP contribution in [0.15, 0.2) is 425 Å². The topological polar surface area (TPSA) is 0 Å². The van der Waals surface area contributed by atoms with Gasteiger partial charge in [-0.3, -0.25) is 0 Å². The molecule has 0 aliphatic heterocycles. The van der Waals surface area contributed by atoms with E-state index in [0.717, 1.165) is 178 Å². The predicted molar refractivity (Wildman–Crippen MR) is 433 cm³/mol. The Bertz CT molecular complexity index is 5040. The number of hydrogen-bond acceptors (Lipinski definition) is 0. The summed E-state index contributed by atoms with van der Waals surface area (Å²) in [5.41, 5.74) is 35.6. The summed E-state index contributed by atoms with van der Waals surface area (Å²) in [6, 6.07) is 158. The first-order chi connectivity index (χ1) is 50.8. The molecule has 0 fully saturated rings. The van der Waals surface area contributed by atoms with Crippen molar-refractivity contribution >= 4 is 0 Å². The Balaban J connectivity index is 1.26. The summed E-state index contributed by atoms with van der Waals surface area (Å²) >= 11 is 0. The van der Waals surface area contributed by atoms with E-state index in [-0.39, 0.29) is 0 Å². The molecule has 0 saturated carbocycles. The Labute approximate surface area is 598 Å². The number of hydrogen-bond donors (Lipinski definition) is 0. The van der Waals surface area contributed by atoms with Gasteiger partial charge in [0.2, 0.25) is 0 Å². The van der Waals surface area contributed by atoms with E-state index in [4.69, 9.17) is 0 Å². The average molecular weight is 1300 g/mol. The average Bonchev–Trinajstić information content (AvgIpc) is 0.687. The van der Waals surface area contributed by atoms with Gasteiger partial charge in [-0.1, -0.05) is 425 Å². The number of benzene rings is 17. The summed E-state index contributed by atoms with van der Waals surface area (Å²) in [7, 11) is 0. The Morgan fingerprint density at radius 1 is 0.0588 bits per heavy atom. The maximum absolute atomic E-state index is 2.37. The third-order valence-electron chi connectivity index (χ3n) is 19.9. The van der Waals surface area contributed by atoms with E-state index in [0.29, 0.717) is 0 Å². The molecule has 0 aliphatic rings. The minimum atomic E-state index is 1.08. The van der Waals surface area contributed by atoms with Gasteiger partial charge in [0.15, 0.2) is 0 Å². The highest BCUT2D eigenvalue weighted by Gasteiger charge is 2.39. The van der Waals surface area contributed by atoms with E-state index in [2.05, 4.69) is 425 Å². The van der Waals surface area contributed by atoms with Crippen molar-refractivity contribution in [2.45, 2.75) is 0 Å². The molecule has 0 aromatic heterocycles. The summed E-state index contributed by atoms with van der Waals surface area (Å²) in [5, 5.41) is 0. The lowest BCUT2D eigenvalue weighted by Gasteiger charge is -2.35. The van der Waals surface area contributed by atoms with Crippen LogP contribution in [0.3, 0.4) is 0 Å². The van der Waals surface area contributed by atoms with Gasteiger partial charge in [-0.05, 0) is 178 Å². The van der Waals surface area contributed by atoms with E-state index >= 15 is 0 Å². The first-order valence-corrected chi connectivity index (χ1v) is 35.2. The molecule has 0 amide bonds. The Morgan fingerprint density at radius 2 is 0.118 bits per heavy atom. The predicted octanol–water partition coefficient (Wildman–Crippen LogP) is 28.4. The molecule has 0 unspecified atom stereocenters. The van der Waals surface area contributed by atoms with Crippen LogP contribution in [0.1, 0.15) is 0 Å². The quantitative estimate of drug-likeness (QED) is 0.0904. The second-order valence-corrected chi connectivity index (χ2v) is 25.9. The SMILES string of the molecule is c1ccc(-c2c(-c3ccccc3)c(-c3ccccc3)c(-c3c(-c4ccccc4)c(-c4ccccc4)c(-c4c(-c5ccccc5)c(-c5ccccc5)c(-c5ccccc5)c(-c5ccccc5)c4-c4ccccc4)c(-c4ccccc4)c3-c3ccccc3)c(-c3ccccc3)c2-c2ccccc2)cc1. The molecule has 0 spiro atoms. The molecule has 17 aromatic rings. The standard InChI is InChI=1S/C102H70/c1-15-43-71(44-16-1)85-87(73-47-19-3-20-48-73)91(77-55-27-7-28-56-77)99(92(78-57-29-8-30-58-78)88(85)74-49-21-4-22-50-74)101-95(81-63-35-11-36-64-81)97(83-67-39-13-40-68-83)102(98(84-69-41-14-42-70-84)96(101)82-65-37-12-38-66-82)100-93(79-59-31-9-32-60-79)89(75-51-23-5-24-52-75)86(72-45-17-2-18-46-72)90(76-53-25-6-26-54-76)94(100)80-61-33-10-34-62-80/h1-70H. The molecule has 17 rings (SSSR count). The summed E-state index contributed by atoms with van der Waals surface area (Å²) in [5.74, 6) is 0. The van der Waals surface area contributed by atoms with Crippen LogP contribution in [0.5, 0.6) is 0 Å². The van der Waals surface area contributed by atoms with Crippen molar-refractivity contribution in [3.8, 4) is 178 Å². The maximum Gasteiger partial charge on any atom is -0.0000936 e. The zero-order valence-corrected chi connectivity index (χ0v) is 56.4. The van der Waals surface area contributed by atoms with Crippen LogP contribution in [0, 0.1) is 0 Å². The van der Waals surface area contributed by atoms with Crippen LogP contribution in [0.25, 0.3) is 178 Å². The molecule has 0 N–H and O–H groups in total. The molecule has 102 heavy (non-hydrogen) atoms. The van der Waals surface area contributed by atoms with Crippen molar-refractivity contribution in [2.75, 3.05) is 0 Å². The summed E-state index contributed by atoms with van der Waals surface area (Å²) in [6.45, 7) is 0. The Hall–Kier alpha value is -13.3. The van der Waals surface area contributed by atoms with Gasteiger partial charge in [0.25, 0.3) is 0 Å². The minimum Gasteiger partial charge on any atom is -0.0622 e. The largest absolute Gasteiger partial charge is 0.0622 e. The van der Waals surface area contributed by atoms with E-state index in [1.54, 1.807) is 0 Å². The molecule has 478 valence electrons. The van der Waals surface area contributed by atoms with Crippen molar-refractivity contribution in [3.63, 3.8) is 0 Å². The highest BCUT2D eigenvalue weighted by atomic mass is 14.4. The van der Waals surface area contributed by atoms with Gasteiger partial charge >= 0.3 is 0 Å². The van der Waals surface area contributed by atoms with Gasteiger partial charge in [-0.25, -0.2) is 0 Å². The third kappa shape index (κ3) is 11.6. The van der Waals surface area contributed by atoms with Gasteiger partial charge in [0.05, 0.1) is 0 Å². The first kappa shape index (κ1) is 62.3. The molecule has 0 radical (unpaired) electrons. The Morgan fingerprint density at radius 3 is 0.186 bits per heavy atom. The molecule has 0 nitrogen and oxygen atoms in total. The molecule has 0 bridgehead atoms. The van der Waals surface area contributed by atoms with Crippen molar-refractivity contribution in [1.29, 1.82) is 0 Å². The highest BCUT2D eigenvalue weighted by molar-refractivity contribution is 6.26. The first-order valence-electron chi connectivity index (χ1n) is 35.2. The van der Waals surface area contributed by atoms with E-state index in [9.17, 15) is 0 Å². The molecule has 0 aliphatic carbocycles. The molecular weight excluding hydrogens is 1230 g/mol.